The Hall–Kier alpha value is -2.64. The van der Waals surface area contributed by atoms with Crippen LogP contribution in [0, 0.1) is 10.1 Å². The Labute approximate surface area is 114 Å². The molecular formula is C12H15N3O5. The molecule has 8 heteroatoms. The van der Waals surface area contributed by atoms with Crippen LogP contribution in [0.4, 0.5) is 11.4 Å². The van der Waals surface area contributed by atoms with E-state index in [0.29, 0.717) is 6.54 Å². The van der Waals surface area contributed by atoms with Crippen LogP contribution in [-0.4, -0.2) is 35.0 Å². The van der Waals surface area contributed by atoms with Gasteiger partial charge in [0.25, 0.3) is 5.69 Å². The molecule has 0 aliphatic rings. The van der Waals surface area contributed by atoms with E-state index >= 15 is 0 Å². The van der Waals surface area contributed by atoms with Crippen molar-refractivity contribution >= 4 is 23.3 Å². The summed E-state index contributed by atoms with van der Waals surface area (Å²) in [5.74, 6) is -1.51. The van der Waals surface area contributed by atoms with Crippen LogP contribution in [0.2, 0.25) is 0 Å². The van der Waals surface area contributed by atoms with E-state index in [1.807, 2.05) is 6.92 Å². The molecule has 108 valence electrons. The smallest absolute Gasteiger partial charge is 0.335 e. The first-order chi connectivity index (χ1) is 9.45. The Balaban J connectivity index is 2.85. The van der Waals surface area contributed by atoms with E-state index in [-0.39, 0.29) is 29.4 Å². The summed E-state index contributed by atoms with van der Waals surface area (Å²) in [5.41, 5.74) is -0.369. The van der Waals surface area contributed by atoms with Gasteiger partial charge < -0.3 is 15.7 Å². The summed E-state index contributed by atoms with van der Waals surface area (Å²) in [4.78, 5) is 32.4. The second-order valence-electron chi connectivity index (χ2n) is 4.00. The molecule has 0 heterocycles. The maximum absolute atomic E-state index is 11.4. The molecule has 0 bridgehead atoms. The number of amides is 1. The number of carboxylic acids is 1. The number of carbonyl (C=O) groups excluding carboxylic acids is 1. The molecule has 0 aliphatic heterocycles. The first-order valence-electron chi connectivity index (χ1n) is 5.98. The summed E-state index contributed by atoms with van der Waals surface area (Å²) < 4.78 is 0. The molecule has 1 aromatic carbocycles. The van der Waals surface area contributed by atoms with Crippen molar-refractivity contribution in [3.8, 4) is 0 Å². The maximum Gasteiger partial charge on any atom is 0.335 e. The van der Waals surface area contributed by atoms with Crippen LogP contribution < -0.4 is 10.6 Å². The molecule has 1 rings (SSSR count). The van der Waals surface area contributed by atoms with Crippen LogP contribution >= 0.6 is 0 Å². The SMILES string of the molecule is CCCNC(=O)CNc1cc(C(=O)O)ccc1[N+](=O)[O-]. The molecule has 3 N–H and O–H groups in total. The fourth-order valence-corrected chi connectivity index (χ4v) is 1.47. The first-order valence-corrected chi connectivity index (χ1v) is 5.98. The summed E-state index contributed by atoms with van der Waals surface area (Å²) in [6, 6.07) is 3.37. The van der Waals surface area contributed by atoms with Crippen LogP contribution in [0.5, 0.6) is 0 Å². The van der Waals surface area contributed by atoms with Gasteiger partial charge in [0, 0.05) is 12.6 Å². The zero-order chi connectivity index (χ0) is 15.1. The van der Waals surface area contributed by atoms with Crippen molar-refractivity contribution in [3.63, 3.8) is 0 Å². The third kappa shape index (κ3) is 4.23. The number of hydrogen-bond acceptors (Lipinski definition) is 5. The van der Waals surface area contributed by atoms with Gasteiger partial charge in [0.05, 0.1) is 17.0 Å². The Kier molecular flexibility index (Phi) is 5.45. The van der Waals surface area contributed by atoms with Crippen molar-refractivity contribution in [3.05, 3.63) is 33.9 Å². The quantitative estimate of drug-likeness (QED) is 0.510. The van der Waals surface area contributed by atoms with Crippen LogP contribution in [0.25, 0.3) is 0 Å². The summed E-state index contributed by atoms with van der Waals surface area (Å²) in [6.07, 6.45) is 0.778. The van der Waals surface area contributed by atoms with Crippen molar-refractivity contribution in [2.24, 2.45) is 0 Å². The number of nitrogens with zero attached hydrogens (tertiary/aromatic N) is 1. The largest absolute Gasteiger partial charge is 0.478 e. The highest BCUT2D eigenvalue weighted by Crippen LogP contribution is 2.25. The van der Waals surface area contributed by atoms with Crippen molar-refractivity contribution in [2.75, 3.05) is 18.4 Å². The number of anilines is 1. The van der Waals surface area contributed by atoms with Crippen LogP contribution in [0.1, 0.15) is 23.7 Å². The fraction of sp³-hybridized carbons (Fsp3) is 0.333. The minimum atomic E-state index is -1.20. The van der Waals surface area contributed by atoms with Gasteiger partial charge in [-0.2, -0.15) is 0 Å². The summed E-state index contributed by atoms with van der Waals surface area (Å²) in [6.45, 7) is 2.25. The van der Waals surface area contributed by atoms with Crippen LogP contribution in [0.3, 0.4) is 0 Å². The number of aromatic carboxylic acids is 1. The van der Waals surface area contributed by atoms with Gasteiger partial charge in [-0.1, -0.05) is 6.92 Å². The van der Waals surface area contributed by atoms with Crippen molar-refractivity contribution in [1.29, 1.82) is 0 Å². The number of nitrogens with one attached hydrogen (secondary N) is 2. The number of rotatable bonds is 7. The molecule has 0 spiro atoms. The lowest BCUT2D eigenvalue weighted by molar-refractivity contribution is -0.383. The lowest BCUT2D eigenvalue weighted by Crippen LogP contribution is -2.30. The number of carbonyl (C=O) groups is 2. The highest BCUT2D eigenvalue weighted by Gasteiger charge is 2.16. The summed E-state index contributed by atoms with van der Waals surface area (Å²) >= 11 is 0. The monoisotopic (exact) mass is 281 g/mol. The van der Waals surface area contributed by atoms with Gasteiger partial charge in [0.2, 0.25) is 5.91 Å². The lowest BCUT2D eigenvalue weighted by atomic mass is 10.1. The molecule has 1 amide bonds. The number of hydrogen-bond donors (Lipinski definition) is 3. The average molecular weight is 281 g/mol. The predicted molar refractivity (Wildman–Crippen MR) is 71.8 cm³/mol. The highest BCUT2D eigenvalue weighted by atomic mass is 16.6. The minimum Gasteiger partial charge on any atom is -0.478 e. The molecule has 0 aromatic heterocycles. The molecule has 0 saturated carbocycles. The molecule has 0 atom stereocenters. The van der Waals surface area contributed by atoms with E-state index in [2.05, 4.69) is 10.6 Å². The zero-order valence-electron chi connectivity index (χ0n) is 10.9. The van der Waals surface area contributed by atoms with Gasteiger partial charge >= 0.3 is 5.97 Å². The topological polar surface area (TPSA) is 122 Å². The third-order valence-electron chi connectivity index (χ3n) is 2.45. The fourth-order valence-electron chi connectivity index (χ4n) is 1.47. The summed E-state index contributed by atoms with van der Waals surface area (Å²) in [7, 11) is 0. The molecule has 1 aromatic rings. The van der Waals surface area contributed by atoms with E-state index in [1.165, 1.54) is 0 Å². The van der Waals surface area contributed by atoms with Gasteiger partial charge in [0.1, 0.15) is 5.69 Å². The zero-order valence-corrected chi connectivity index (χ0v) is 10.9. The van der Waals surface area contributed by atoms with Gasteiger partial charge in [-0.3, -0.25) is 14.9 Å². The standard InChI is InChI=1S/C12H15N3O5/c1-2-5-13-11(16)7-14-9-6-8(12(17)18)3-4-10(9)15(19)20/h3-4,6,14H,2,5,7H2,1H3,(H,13,16)(H,17,18). The van der Waals surface area contributed by atoms with E-state index < -0.39 is 10.9 Å². The van der Waals surface area contributed by atoms with E-state index in [1.54, 1.807) is 0 Å². The van der Waals surface area contributed by atoms with Gasteiger partial charge in [-0.05, 0) is 18.6 Å². The number of carboxylic acid groups (broad SMARTS) is 1. The van der Waals surface area contributed by atoms with E-state index in [0.717, 1.165) is 24.6 Å². The molecule has 0 aliphatic carbocycles. The van der Waals surface area contributed by atoms with Crippen molar-refractivity contribution < 1.29 is 19.6 Å². The maximum atomic E-state index is 11.4. The van der Waals surface area contributed by atoms with E-state index in [9.17, 15) is 19.7 Å². The third-order valence-corrected chi connectivity index (χ3v) is 2.45. The second kappa shape index (κ2) is 7.07. The number of nitro groups is 1. The number of benzene rings is 1. The molecule has 0 radical (unpaired) electrons. The minimum absolute atomic E-state index is 0.00143. The molecule has 0 fully saturated rings. The predicted octanol–water partition coefficient (Wildman–Crippen LogP) is 1.23. The Morgan fingerprint density at radius 1 is 1.40 bits per heavy atom. The van der Waals surface area contributed by atoms with Crippen molar-refractivity contribution in [2.45, 2.75) is 13.3 Å². The van der Waals surface area contributed by atoms with Crippen LogP contribution in [0.15, 0.2) is 18.2 Å². The first kappa shape index (κ1) is 15.4. The molecule has 0 saturated heterocycles. The molecule has 0 unspecified atom stereocenters. The Bertz CT molecular complexity index is 530. The van der Waals surface area contributed by atoms with E-state index in [4.69, 9.17) is 5.11 Å². The molecule has 8 nitrogen and oxygen atoms in total. The Morgan fingerprint density at radius 2 is 2.10 bits per heavy atom. The Morgan fingerprint density at radius 3 is 2.65 bits per heavy atom. The average Bonchev–Trinajstić information content (AvgIpc) is 2.42. The highest BCUT2D eigenvalue weighted by molar-refractivity contribution is 5.90. The summed E-state index contributed by atoms with van der Waals surface area (Å²) in [5, 5.41) is 24.9. The van der Waals surface area contributed by atoms with Crippen LogP contribution in [-0.2, 0) is 4.79 Å². The normalized spacial score (nSPS) is 9.85. The lowest BCUT2D eigenvalue weighted by Gasteiger charge is -2.08. The molecular weight excluding hydrogens is 266 g/mol. The van der Waals surface area contributed by atoms with Gasteiger partial charge in [-0.25, -0.2) is 4.79 Å². The molecule has 20 heavy (non-hydrogen) atoms. The number of nitro benzene ring substituents is 1. The second-order valence-corrected chi connectivity index (χ2v) is 4.00. The van der Waals surface area contributed by atoms with Gasteiger partial charge in [0.15, 0.2) is 0 Å². The van der Waals surface area contributed by atoms with Crippen molar-refractivity contribution in [1.82, 2.24) is 5.32 Å². The van der Waals surface area contributed by atoms with Gasteiger partial charge in [-0.15, -0.1) is 0 Å².